The molecule has 1 spiro atoms. The van der Waals surface area contributed by atoms with Crippen LogP contribution in [0.5, 0.6) is 0 Å². The molecule has 0 aliphatic heterocycles. The first-order valence-corrected chi connectivity index (χ1v) is 21.9. The summed E-state index contributed by atoms with van der Waals surface area (Å²) in [6.07, 6.45) is 0. The summed E-state index contributed by atoms with van der Waals surface area (Å²) in [5.74, 6) is 0. The van der Waals surface area contributed by atoms with Crippen molar-refractivity contribution in [1.82, 2.24) is 4.57 Å². The van der Waals surface area contributed by atoms with E-state index >= 15 is 0 Å². The molecule has 63 heavy (non-hydrogen) atoms. The molecule has 2 nitrogen and oxygen atoms in total. The molecule has 0 atom stereocenters. The predicted molar refractivity (Wildman–Crippen MR) is 263 cm³/mol. The quantitative estimate of drug-likeness (QED) is 0.163. The lowest BCUT2D eigenvalue weighted by atomic mass is 9.70. The van der Waals surface area contributed by atoms with Gasteiger partial charge in [0.05, 0.1) is 33.5 Å². The maximum Gasteiger partial charge on any atom is 0.0746 e. The van der Waals surface area contributed by atoms with E-state index in [-0.39, 0.29) is 0 Å². The van der Waals surface area contributed by atoms with Crippen molar-refractivity contribution >= 4 is 38.9 Å². The lowest BCUT2D eigenvalue weighted by Crippen LogP contribution is -2.27. The van der Waals surface area contributed by atoms with Crippen LogP contribution in [-0.4, -0.2) is 4.57 Å². The zero-order valence-electron chi connectivity index (χ0n) is 34.5. The van der Waals surface area contributed by atoms with Gasteiger partial charge >= 0.3 is 0 Å². The Morgan fingerprint density at radius 1 is 0.317 bits per heavy atom. The minimum absolute atomic E-state index is 0.494. The van der Waals surface area contributed by atoms with Gasteiger partial charge in [-0.3, -0.25) is 0 Å². The molecule has 10 aromatic carbocycles. The van der Waals surface area contributed by atoms with E-state index in [0.29, 0.717) is 0 Å². The smallest absolute Gasteiger partial charge is 0.0746 e. The number of anilines is 3. The van der Waals surface area contributed by atoms with Crippen LogP contribution in [0, 0.1) is 0 Å². The molecule has 0 fully saturated rings. The number of para-hydroxylation sites is 2. The van der Waals surface area contributed by atoms with E-state index in [4.69, 9.17) is 0 Å². The van der Waals surface area contributed by atoms with E-state index < -0.39 is 5.41 Å². The number of hydrogen-bond acceptors (Lipinski definition) is 1. The van der Waals surface area contributed by atoms with Crippen LogP contribution in [0.1, 0.15) is 22.3 Å². The molecule has 0 radical (unpaired) electrons. The molecule has 2 aliphatic rings. The van der Waals surface area contributed by atoms with Crippen molar-refractivity contribution in [3.8, 4) is 50.2 Å². The minimum Gasteiger partial charge on any atom is -0.309 e. The average Bonchev–Trinajstić information content (AvgIpc) is 3.97. The minimum atomic E-state index is -0.494. The third-order valence-corrected chi connectivity index (χ3v) is 13.6. The summed E-state index contributed by atoms with van der Waals surface area (Å²) < 4.78 is 2.56. The maximum absolute atomic E-state index is 2.56. The Morgan fingerprint density at radius 2 is 0.794 bits per heavy atom. The van der Waals surface area contributed by atoms with Crippen LogP contribution in [-0.2, 0) is 5.41 Å². The number of fused-ring (bicyclic) bond motifs is 13. The number of benzene rings is 10. The summed E-state index contributed by atoms with van der Waals surface area (Å²) in [5.41, 5.74) is 21.7. The van der Waals surface area contributed by atoms with Crippen LogP contribution >= 0.6 is 0 Å². The summed E-state index contributed by atoms with van der Waals surface area (Å²) in [4.78, 5) is 2.48. The molecular weight excluding hydrogens is 761 g/mol. The fraction of sp³-hybridized carbons (Fsp3) is 0.0164. The summed E-state index contributed by atoms with van der Waals surface area (Å²) in [6.45, 7) is 0. The fourth-order valence-corrected chi connectivity index (χ4v) is 11.1. The first-order valence-electron chi connectivity index (χ1n) is 21.9. The number of hydrogen-bond donors (Lipinski definition) is 0. The SMILES string of the molecule is c1ccc(-c2ccc(N(c3ccccc3-c3ccccc3)c3cccc4c3c3ccccc3n4-c3cccc4c3C3(c5ccccc5-c5ccccc53)c3ccccc3-4)cc2)cc1. The fourth-order valence-electron chi connectivity index (χ4n) is 11.1. The molecule has 13 rings (SSSR count). The maximum atomic E-state index is 2.56. The largest absolute Gasteiger partial charge is 0.309 e. The van der Waals surface area contributed by atoms with Crippen molar-refractivity contribution < 1.29 is 0 Å². The zero-order valence-corrected chi connectivity index (χ0v) is 34.5. The Hall–Kier alpha value is -8.20. The Kier molecular flexibility index (Phi) is 7.85. The Morgan fingerprint density at radius 3 is 1.48 bits per heavy atom. The highest BCUT2D eigenvalue weighted by molar-refractivity contribution is 6.17. The highest BCUT2D eigenvalue weighted by atomic mass is 15.2. The molecule has 1 heterocycles. The number of rotatable bonds is 6. The van der Waals surface area contributed by atoms with Gasteiger partial charge in [0, 0.05) is 27.6 Å². The lowest BCUT2D eigenvalue weighted by molar-refractivity contribution is 0.786. The average molecular weight is 801 g/mol. The second-order valence-electron chi connectivity index (χ2n) is 16.7. The van der Waals surface area contributed by atoms with Gasteiger partial charge in [-0.1, -0.05) is 200 Å². The summed E-state index contributed by atoms with van der Waals surface area (Å²) in [5, 5.41) is 2.41. The third kappa shape index (κ3) is 5.07. The molecule has 0 saturated carbocycles. The van der Waals surface area contributed by atoms with Gasteiger partial charge in [-0.15, -0.1) is 0 Å². The first kappa shape index (κ1) is 35.5. The summed E-state index contributed by atoms with van der Waals surface area (Å²) >= 11 is 0. The van der Waals surface area contributed by atoms with Crippen molar-refractivity contribution in [2.45, 2.75) is 5.41 Å². The van der Waals surface area contributed by atoms with E-state index in [0.717, 1.165) is 22.6 Å². The topological polar surface area (TPSA) is 8.17 Å². The van der Waals surface area contributed by atoms with Crippen molar-refractivity contribution in [3.05, 3.63) is 265 Å². The molecular formula is C61H40N2. The van der Waals surface area contributed by atoms with Crippen LogP contribution < -0.4 is 4.90 Å². The van der Waals surface area contributed by atoms with Gasteiger partial charge in [-0.2, -0.15) is 0 Å². The van der Waals surface area contributed by atoms with Gasteiger partial charge in [-0.05, 0) is 98.1 Å². The first-order chi connectivity index (χ1) is 31.3. The van der Waals surface area contributed by atoms with Crippen LogP contribution in [0.15, 0.2) is 243 Å². The van der Waals surface area contributed by atoms with Crippen molar-refractivity contribution in [2.24, 2.45) is 0 Å². The van der Waals surface area contributed by atoms with E-state index in [2.05, 4.69) is 252 Å². The van der Waals surface area contributed by atoms with Crippen LogP contribution in [0.4, 0.5) is 17.1 Å². The molecule has 1 aromatic heterocycles. The van der Waals surface area contributed by atoms with Crippen LogP contribution in [0.3, 0.4) is 0 Å². The second kappa shape index (κ2) is 13.9. The second-order valence-corrected chi connectivity index (χ2v) is 16.7. The molecule has 0 bridgehead atoms. The van der Waals surface area contributed by atoms with Gasteiger partial charge in [0.1, 0.15) is 0 Å². The number of aromatic nitrogens is 1. The van der Waals surface area contributed by atoms with Crippen LogP contribution in [0.25, 0.3) is 72.0 Å². The van der Waals surface area contributed by atoms with E-state index in [1.165, 1.54) is 88.7 Å². The van der Waals surface area contributed by atoms with Crippen molar-refractivity contribution in [1.29, 1.82) is 0 Å². The highest BCUT2D eigenvalue weighted by Crippen LogP contribution is 2.64. The molecule has 11 aromatic rings. The van der Waals surface area contributed by atoms with E-state index in [9.17, 15) is 0 Å². The monoisotopic (exact) mass is 800 g/mol. The number of nitrogens with zero attached hydrogens (tertiary/aromatic N) is 2. The Labute approximate surface area is 367 Å². The third-order valence-electron chi connectivity index (χ3n) is 13.6. The standard InChI is InChI=1S/C61H40N2/c1-3-19-41(20-4-1)42-37-39-44(40-38-42)62(54-32-15-10-23-45(54)43-21-5-2-6-22-43)56-34-18-35-57-59(56)50-27-11-16-33-55(50)63(57)58-36-17-28-49-48-26-9-14-31-53(48)61(60(49)58)51-29-12-7-24-46(51)47-25-8-13-30-52(47)61/h1-40H. The molecule has 0 N–H and O–H groups in total. The summed E-state index contributed by atoms with van der Waals surface area (Å²) in [7, 11) is 0. The normalized spacial score (nSPS) is 12.9. The van der Waals surface area contributed by atoms with Crippen molar-refractivity contribution in [3.63, 3.8) is 0 Å². The lowest BCUT2D eigenvalue weighted by Gasteiger charge is -2.32. The van der Waals surface area contributed by atoms with Gasteiger partial charge < -0.3 is 9.47 Å². The van der Waals surface area contributed by atoms with Gasteiger partial charge in [-0.25, -0.2) is 0 Å². The van der Waals surface area contributed by atoms with E-state index in [1.807, 2.05) is 0 Å². The predicted octanol–water partition coefficient (Wildman–Crippen LogP) is 15.9. The summed E-state index contributed by atoms with van der Waals surface area (Å²) in [6, 6.07) is 89.5. The Balaban J connectivity index is 1.11. The molecule has 2 aliphatic carbocycles. The van der Waals surface area contributed by atoms with Gasteiger partial charge in [0.25, 0.3) is 0 Å². The molecule has 294 valence electrons. The molecule has 2 heteroatoms. The van der Waals surface area contributed by atoms with Gasteiger partial charge in [0.2, 0.25) is 0 Å². The highest BCUT2D eigenvalue weighted by Gasteiger charge is 2.53. The molecule has 0 unspecified atom stereocenters. The Bertz CT molecular complexity index is 3500. The van der Waals surface area contributed by atoms with E-state index in [1.54, 1.807) is 0 Å². The zero-order chi connectivity index (χ0) is 41.5. The van der Waals surface area contributed by atoms with Crippen molar-refractivity contribution in [2.75, 3.05) is 4.90 Å². The molecule has 0 saturated heterocycles. The van der Waals surface area contributed by atoms with Crippen LogP contribution in [0.2, 0.25) is 0 Å². The molecule has 0 amide bonds. The van der Waals surface area contributed by atoms with Gasteiger partial charge in [0.15, 0.2) is 0 Å².